The molecular formula is C7H12OS. The lowest BCUT2D eigenvalue weighted by Crippen LogP contribution is -1.90. The van der Waals surface area contributed by atoms with Gasteiger partial charge in [-0.05, 0) is 25.7 Å². The summed E-state index contributed by atoms with van der Waals surface area (Å²) in [6.45, 7) is 5.39. The van der Waals surface area contributed by atoms with Crippen LogP contribution in [0.1, 0.15) is 27.2 Å². The van der Waals surface area contributed by atoms with Crippen LogP contribution in [-0.4, -0.2) is 5.78 Å². The van der Waals surface area contributed by atoms with Crippen molar-refractivity contribution in [1.82, 2.24) is 0 Å². The second kappa shape index (κ2) is 3.72. The van der Waals surface area contributed by atoms with Crippen LogP contribution in [-0.2, 0) is 4.79 Å². The van der Waals surface area contributed by atoms with E-state index in [4.69, 9.17) is 0 Å². The molecule has 0 aliphatic rings. The molecule has 52 valence electrons. The molecule has 0 heterocycles. The maximum atomic E-state index is 10.5. The van der Waals surface area contributed by atoms with E-state index in [1.807, 2.05) is 13.8 Å². The van der Waals surface area contributed by atoms with Crippen molar-refractivity contribution < 1.29 is 4.79 Å². The zero-order valence-electron chi connectivity index (χ0n) is 6.06. The van der Waals surface area contributed by atoms with Crippen LogP contribution in [0.2, 0.25) is 0 Å². The number of allylic oxidation sites excluding steroid dienone is 2. The molecule has 0 aromatic carbocycles. The molecular weight excluding hydrogens is 132 g/mol. The van der Waals surface area contributed by atoms with Crippen molar-refractivity contribution in [2.24, 2.45) is 0 Å². The second-order valence-corrected chi connectivity index (χ2v) is 2.92. The first-order chi connectivity index (χ1) is 4.04. The highest BCUT2D eigenvalue weighted by molar-refractivity contribution is 7.84. The molecule has 0 amide bonds. The Bertz CT molecular complexity index is 143. The van der Waals surface area contributed by atoms with Gasteiger partial charge in [0.15, 0.2) is 0 Å². The van der Waals surface area contributed by atoms with E-state index in [2.05, 4.69) is 12.6 Å². The van der Waals surface area contributed by atoms with Gasteiger partial charge in [0.1, 0.15) is 5.78 Å². The summed E-state index contributed by atoms with van der Waals surface area (Å²) in [5, 5.41) is 0. The number of rotatable bonds is 2. The summed E-state index contributed by atoms with van der Waals surface area (Å²) >= 11 is 4.10. The summed E-state index contributed by atoms with van der Waals surface area (Å²) < 4.78 is 0. The van der Waals surface area contributed by atoms with Crippen LogP contribution in [0.15, 0.2) is 10.5 Å². The normalized spacial score (nSPS) is 12.9. The maximum Gasteiger partial charge on any atom is 0.133 e. The van der Waals surface area contributed by atoms with Gasteiger partial charge in [-0.15, -0.1) is 12.6 Å². The average Bonchev–Trinajstić information content (AvgIpc) is 1.63. The predicted molar refractivity (Wildman–Crippen MR) is 42.7 cm³/mol. The first kappa shape index (κ1) is 8.76. The molecule has 0 spiro atoms. The van der Waals surface area contributed by atoms with Gasteiger partial charge in [-0.3, -0.25) is 4.79 Å². The van der Waals surface area contributed by atoms with Gasteiger partial charge >= 0.3 is 0 Å². The van der Waals surface area contributed by atoms with Gasteiger partial charge in [0.25, 0.3) is 0 Å². The highest BCUT2D eigenvalue weighted by atomic mass is 32.1. The zero-order chi connectivity index (χ0) is 7.44. The van der Waals surface area contributed by atoms with Crippen molar-refractivity contribution >= 4 is 18.4 Å². The lowest BCUT2D eigenvalue weighted by molar-refractivity contribution is -0.116. The molecule has 0 rings (SSSR count). The first-order valence-electron chi connectivity index (χ1n) is 2.88. The van der Waals surface area contributed by atoms with Gasteiger partial charge in [-0.25, -0.2) is 0 Å². The van der Waals surface area contributed by atoms with Crippen LogP contribution in [0.3, 0.4) is 0 Å². The van der Waals surface area contributed by atoms with Gasteiger partial charge in [0, 0.05) is 6.42 Å². The molecule has 0 N–H and O–H groups in total. The topological polar surface area (TPSA) is 17.1 Å². The smallest absolute Gasteiger partial charge is 0.133 e. The molecule has 0 saturated carbocycles. The Morgan fingerprint density at radius 3 is 1.89 bits per heavy atom. The van der Waals surface area contributed by atoms with Gasteiger partial charge in [-0.1, -0.05) is 5.57 Å². The number of hydrogen-bond donors (Lipinski definition) is 1. The van der Waals surface area contributed by atoms with E-state index in [1.165, 1.54) is 0 Å². The Kier molecular flexibility index (Phi) is 3.62. The second-order valence-electron chi connectivity index (χ2n) is 2.24. The molecule has 0 aliphatic heterocycles. The molecule has 0 aromatic rings. The molecule has 1 nitrogen and oxygen atoms in total. The van der Waals surface area contributed by atoms with E-state index in [0.717, 1.165) is 10.5 Å². The SMILES string of the molecule is CC(=O)C/C(C)=C(/C)S. The van der Waals surface area contributed by atoms with E-state index in [-0.39, 0.29) is 5.78 Å². The third-order valence-electron chi connectivity index (χ3n) is 1.13. The molecule has 9 heavy (non-hydrogen) atoms. The van der Waals surface area contributed by atoms with Crippen molar-refractivity contribution in [3.63, 3.8) is 0 Å². The minimum Gasteiger partial charge on any atom is -0.300 e. The molecule has 0 aliphatic carbocycles. The van der Waals surface area contributed by atoms with E-state index in [1.54, 1.807) is 6.92 Å². The number of ketones is 1. The molecule has 2 heteroatoms. The highest BCUT2D eigenvalue weighted by Gasteiger charge is 1.95. The lowest BCUT2D eigenvalue weighted by Gasteiger charge is -1.97. The third-order valence-corrected chi connectivity index (χ3v) is 1.51. The predicted octanol–water partition coefficient (Wildman–Crippen LogP) is 2.19. The minimum absolute atomic E-state index is 0.195. The number of thiol groups is 1. The maximum absolute atomic E-state index is 10.5. The van der Waals surface area contributed by atoms with Crippen molar-refractivity contribution in [2.45, 2.75) is 27.2 Å². The Balaban J connectivity index is 3.92. The summed E-state index contributed by atoms with van der Waals surface area (Å²) in [7, 11) is 0. The fourth-order valence-corrected chi connectivity index (χ4v) is 0.580. The standard InChI is InChI=1S/C7H12OS/c1-5(7(3)9)4-6(2)8/h9H,4H2,1-3H3/b7-5-. The summed E-state index contributed by atoms with van der Waals surface area (Å²) in [6, 6.07) is 0. The van der Waals surface area contributed by atoms with E-state index < -0.39 is 0 Å². The van der Waals surface area contributed by atoms with Crippen LogP contribution in [0, 0.1) is 0 Å². The molecule has 0 fully saturated rings. The summed E-state index contributed by atoms with van der Waals surface area (Å²) in [5.41, 5.74) is 1.06. The van der Waals surface area contributed by atoms with Gasteiger partial charge in [0.05, 0.1) is 0 Å². The third kappa shape index (κ3) is 4.28. The largest absolute Gasteiger partial charge is 0.300 e. The molecule has 0 atom stereocenters. The van der Waals surface area contributed by atoms with Crippen molar-refractivity contribution in [1.29, 1.82) is 0 Å². The van der Waals surface area contributed by atoms with E-state index in [9.17, 15) is 4.79 Å². The summed E-state index contributed by atoms with van der Waals surface area (Å²) in [4.78, 5) is 11.4. The number of carbonyl (C=O) groups excluding carboxylic acids is 1. The van der Waals surface area contributed by atoms with Gasteiger partial charge < -0.3 is 0 Å². The van der Waals surface area contributed by atoms with Crippen LogP contribution in [0.4, 0.5) is 0 Å². The quantitative estimate of drug-likeness (QED) is 0.588. The van der Waals surface area contributed by atoms with Crippen molar-refractivity contribution in [2.75, 3.05) is 0 Å². The van der Waals surface area contributed by atoms with E-state index >= 15 is 0 Å². The monoisotopic (exact) mass is 144 g/mol. The average molecular weight is 144 g/mol. The van der Waals surface area contributed by atoms with Crippen LogP contribution < -0.4 is 0 Å². The highest BCUT2D eigenvalue weighted by Crippen LogP contribution is 2.10. The van der Waals surface area contributed by atoms with Gasteiger partial charge in [0.2, 0.25) is 0 Å². The molecule has 0 unspecified atom stereocenters. The Morgan fingerprint density at radius 2 is 1.78 bits per heavy atom. The molecule has 0 saturated heterocycles. The fourth-order valence-electron chi connectivity index (χ4n) is 0.501. The van der Waals surface area contributed by atoms with Crippen LogP contribution in [0.5, 0.6) is 0 Å². The van der Waals surface area contributed by atoms with E-state index in [0.29, 0.717) is 6.42 Å². The molecule has 0 aromatic heterocycles. The molecule has 0 radical (unpaired) electrons. The fraction of sp³-hybridized carbons (Fsp3) is 0.571. The summed E-state index contributed by atoms with van der Waals surface area (Å²) in [5.74, 6) is 0.195. The van der Waals surface area contributed by atoms with Crippen molar-refractivity contribution in [3.05, 3.63) is 10.5 Å². The Morgan fingerprint density at radius 1 is 1.33 bits per heavy atom. The van der Waals surface area contributed by atoms with Crippen LogP contribution >= 0.6 is 12.6 Å². The Hall–Kier alpha value is -0.240. The van der Waals surface area contributed by atoms with Crippen LogP contribution in [0.25, 0.3) is 0 Å². The summed E-state index contributed by atoms with van der Waals surface area (Å²) in [6.07, 6.45) is 0.537. The van der Waals surface area contributed by atoms with Gasteiger partial charge in [-0.2, -0.15) is 0 Å². The first-order valence-corrected chi connectivity index (χ1v) is 3.33. The Labute approximate surface area is 61.6 Å². The number of carbonyl (C=O) groups is 1. The van der Waals surface area contributed by atoms with Crippen molar-refractivity contribution in [3.8, 4) is 0 Å². The number of Topliss-reactive ketones (excluding diaryl/α,β-unsaturated/α-hetero) is 1. The lowest BCUT2D eigenvalue weighted by atomic mass is 10.1. The zero-order valence-corrected chi connectivity index (χ0v) is 6.96. The molecule has 0 bridgehead atoms. The number of hydrogen-bond acceptors (Lipinski definition) is 2. The minimum atomic E-state index is 0.195.